The van der Waals surface area contributed by atoms with Crippen LogP contribution in [0.25, 0.3) is 0 Å². The molecular weight excluding hydrogens is 396 g/mol. The van der Waals surface area contributed by atoms with Crippen molar-refractivity contribution in [1.82, 2.24) is 0 Å². The van der Waals surface area contributed by atoms with Crippen LogP contribution in [0, 0.1) is 11.8 Å². The molecule has 2 atom stereocenters. The number of anilines is 1. The maximum Gasteiger partial charge on any atom is 0.414 e. The van der Waals surface area contributed by atoms with Gasteiger partial charge in [-0.2, -0.15) is 0 Å². The fraction of sp³-hybridized carbons (Fsp3) is 0.444. The van der Waals surface area contributed by atoms with Crippen molar-refractivity contribution in [3.63, 3.8) is 0 Å². The molecule has 1 aliphatic heterocycles. The number of cyclic esters (lactones) is 1. The van der Waals surface area contributed by atoms with Gasteiger partial charge >= 0.3 is 12.1 Å². The Balaban J connectivity index is 2.12. The second-order valence-corrected chi connectivity index (χ2v) is 9.02. The van der Waals surface area contributed by atoms with Crippen LogP contribution < -0.4 is 4.90 Å². The Morgan fingerprint density at radius 1 is 1.39 bits per heavy atom. The number of carboxylic acids is 1. The number of amides is 1. The first kappa shape index (κ1) is 21.6. The van der Waals surface area contributed by atoms with Crippen molar-refractivity contribution in [2.75, 3.05) is 17.7 Å². The van der Waals surface area contributed by atoms with Crippen LogP contribution in [-0.2, 0) is 19.4 Å². The molecule has 1 aromatic carbocycles. The predicted octanol–water partition coefficient (Wildman–Crippen LogP) is 2.30. The Morgan fingerprint density at radius 3 is 2.50 bits per heavy atom. The zero-order chi connectivity index (χ0) is 21.1. The van der Waals surface area contributed by atoms with Crippen molar-refractivity contribution in [2.24, 2.45) is 0 Å². The average Bonchev–Trinajstić information content (AvgIpc) is 2.94. The van der Waals surface area contributed by atoms with Gasteiger partial charge in [-0.05, 0) is 31.2 Å². The number of benzene rings is 1. The molecule has 7 nitrogen and oxygen atoms in total. The van der Waals surface area contributed by atoms with Crippen molar-refractivity contribution < 1.29 is 36.6 Å². The molecular formula is C18H19F2NO6S. The van der Waals surface area contributed by atoms with Gasteiger partial charge in [0.1, 0.15) is 6.10 Å². The van der Waals surface area contributed by atoms with E-state index in [1.165, 1.54) is 4.90 Å². The van der Waals surface area contributed by atoms with Gasteiger partial charge in [0.25, 0.3) is 0 Å². The number of ether oxygens (including phenoxy) is 1. The molecule has 1 aromatic rings. The zero-order valence-corrected chi connectivity index (χ0v) is 16.0. The van der Waals surface area contributed by atoms with Crippen molar-refractivity contribution in [1.29, 1.82) is 0 Å². The summed E-state index contributed by atoms with van der Waals surface area (Å²) < 4.78 is 51.0. The number of hydrogen-bond acceptors (Lipinski definition) is 5. The molecule has 1 saturated heterocycles. The second-order valence-electron chi connectivity index (χ2n) is 6.57. The smallest absolute Gasteiger partial charge is 0.414 e. The number of alkyl halides is 2. The van der Waals surface area contributed by atoms with Crippen LogP contribution in [0.2, 0.25) is 0 Å². The lowest BCUT2D eigenvalue weighted by molar-refractivity contribution is -0.140. The van der Waals surface area contributed by atoms with E-state index in [-0.39, 0.29) is 13.0 Å². The number of halogens is 2. The molecule has 1 aliphatic rings. The summed E-state index contributed by atoms with van der Waals surface area (Å²) in [4.78, 5) is 24.8. The van der Waals surface area contributed by atoms with Gasteiger partial charge in [-0.25, -0.2) is 22.0 Å². The van der Waals surface area contributed by atoms with Gasteiger partial charge in [0.2, 0.25) is 6.43 Å². The fourth-order valence-electron chi connectivity index (χ4n) is 2.63. The van der Waals surface area contributed by atoms with Crippen molar-refractivity contribution in [3.05, 3.63) is 29.8 Å². The molecule has 1 heterocycles. The van der Waals surface area contributed by atoms with E-state index in [2.05, 4.69) is 11.8 Å². The summed E-state index contributed by atoms with van der Waals surface area (Å²) in [5, 5.41) is 9.32. The van der Waals surface area contributed by atoms with E-state index in [0.717, 1.165) is 13.2 Å². The lowest BCUT2D eigenvalue weighted by atomic mass is 10.0. The quantitative estimate of drug-likeness (QED) is 0.716. The summed E-state index contributed by atoms with van der Waals surface area (Å²) in [7, 11) is -3.95. The monoisotopic (exact) mass is 415 g/mol. The third-order valence-corrected chi connectivity index (χ3v) is 6.41. The van der Waals surface area contributed by atoms with E-state index in [1.54, 1.807) is 24.3 Å². The van der Waals surface area contributed by atoms with Gasteiger partial charge in [-0.15, -0.1) is 0 Å². The molecule has 0 saturated carbocycles. The van der Waals surface area contributed by atoms with Crippen LogP contribution in [0.15, 0.2) is 24.3 Å². The number of nitrogens with zero attached hydrogens (tertiary/aromatic N) is 1. The second kappa shape index (κ2) is 8.14. The van der Waals surface area contributed by atoms with Crippen molar-refractivity contribution >= 4 is 27.6 Å². The van der Waals surface area contributed by atoms with Crippen LogP contribution in [0.5, 0.6) is 0 Å². The first-order chi connectivity index (χ1) is 12.9. The standard InChI is InChI=1S/C18H19F2NO6S/c1-18(16(22)23,28(2,25)26)10-14-11-21(17(24)27-14)13-8-6-12(7-9-13)4-3-5-15(19)20/h6-9,14-15H,5,10-11H2,1-2H3,(H,22,23)/t14-,18+/m0/s1. The van der Waals surface area contributed by atoms with Gasteiger partial charge in [-0.3, -0.25) is 9.69 Å². The van der Waals surface area contributed by atoms with Gasteiger partial charge in [0.05, 0.1) is 13.0 Å². The number of carboxylic acid groups (broad SMARTS) is 1. The van der Waals surface area contributed by atoms with Crippen LogP contribution in [0.1, 0.15) is 25.3 Å². The van der Waals surface area contributed by atoms with E-state index >= 15 is 0 Å². The van der Waals surface area contributed by atoms with E-state index in [1.807, 2.05) is 0 Å². The first-order valence-electron chi connectivity index (χ1n) is 8.22. The topological polar surface area (TPSA) is 101 Å². The Kier molecular flexibility index (Phi) is 6.29. The normalized spacial score (nSPS) is 19.0. The summed E-state index contributed by atoms with van der Waals surface area (Å²) in [5.74, 6) is 3.40. The lowest BCUT2D eigenvalue weighted by Gasteiger charge is -2.24. The SMILES string of the molecule is C[C@@](C[C@H]1CN(c2ccc(C#CCC(F)F)cc2)C(=O)O1)(C(=O)O)S(C)(=O)=O. The first-order valence-corrected chi connectivity index (χ1v) is 10.1. The average molecular weight is 415 g/mol. The summed E-state index contributed by atoms with van der Waals surface area (Å²) in [6.45, 7) is 1.06. The van der Waals surface area contributed by atoms with Crippen LogP contribution in [0.4, 0.5) is 19.3 Å². The number of carbonyl (C=O) groups is 2. The van der Waals surface area contributed by atoms with Gasteiger partial charge < -0.3 is 9.84 Å². The number of rotatable bonds is 6. The predicted molar refractivity (Wildman–Crippen MR) is 97.1 cm³/mol. The van der Waals surface area contributed by atoms with E-state index in [4.69, 9.17) is 4.74 Å². The molecule has 0 aromatic heterocycles. The van der Waals surface area contributed by atoms with E-state index in [9.17, 15) is 31.9 Å². The highest BCUT2D eigenvalue weighted by molar-refractivity contribution is 7.92. The zero-order valence-electron chi connectivity index (χ0n) is 15.2. The fourth-order valence-corrected chi connectivity index (χ4v) is 3.43. The molecule has 0 spiro atoms. The molecule has 0 aliphatic carbocycles. The molecule has 10 heteroatoms. The third kappa shape index (κ3) is 4.78. The largest absolute Gasteiger partial charge is 0.480 e. The van der Waals surface area contributed by atoms with E-state index in [0.29, 0.717) is 11.3 Å². The molecule has 2 rings (SSSR count). The molecule has 28 heavy (non-hydrogen) atoms. The third-order valence-electron chi connectivity index (χ3n) is 4.43. The molecule has 1 fully saturated rings. The minimum Gasteiger partial charge on any atom is -0.480 e. The maximum atomic E-state index is 12.1. The molecule has 1 amide bonds. The molecule has 152 valence electrons. The molecule has 0 radical (unpaired) electrons. The summed E-state index contributed by atoms with van der Waals surface area (Å²) in [6, 6.07) is 6.19. The van der Waals surface area contributed by atoms with Crippen LogP contribution in [0.3, 0.4) is 0 Å². The highest BCUT2D eigenvalue weighted by atomic mass is 32.2. The number of hydrogen-bond donors (Lipinski definition) is 1. The Morgan fingerprint density at radius 2 is 2.00 bits per heavy atom. The Hall–Kier alpha value is -2.67. The van der Waals surface area contributed by atoms with Crippen molar-refractivity contribution in [3.8, 4) is 11.8 Å². The van der Waals surface area contributed by atoms with Gasteiger partial charge in [0, 0.05) is 23.9 Å². The highest BCUT2D eigenvalue weighted by Gasteiger charge is 2.48. The maximum absolute atomic E-state index is 12.1. The molecule has 0 unspecified atom stereocenters. The summed E-state index contributed by atoms with van der Waals surface area (Å²) in [5.41, 5.74) is 0.923. The molecule has 1 N–H and O–H groups in total. The van der Waals surface area contributed by atoms with Crippen molar-refractivity contribution in [2.45, 2.75) is 37.0 Å². The minimum absolute atomic E-state index is 0.0202. The minimum atomic E-state index is -3.95. The summed E-state index contributed by atoms with van der Waals surface area (Å²) in [6.07, 6.45) is -4.27. The highest BCUT2D eigenvalue weighted by Crippen LogP contribution is 2.30. The van der Waals surface area contributed by atoms with Crippen LogP contribution in [-0.4, -0.2) is 55.7 Å². The summed E-state index contributed by atoms with van der Waals surface area (Å²) >= 11 is 0. The van der Waals surface area contributed by atoms with Gasteiger partial charge in [-0.1, -0.05) is 11.8 Å². The molecule has 0 bridgehead atoms. The Labute approximate surface area is 161 Å². The van der Waals surface area contributed by atoms with E-state index < -0.39 is 45.6 Å². The number of carbonyl (C=O) groups excluding carboxylic acids is 1. The van der Waals surface area contributed by atoms with Crippen LogP contribution >= 0.6 is 0 Å². The number of sulfone groups is 1. The Bertz CT molecular complexity index is 920. The van der Waals surface area contributed by atoms with Gasteiger partial charge in [0.15, 0.2) is 14.6 Å². The lowest BCUT2D eigenvalue weighted by Crippen LogP contribution is -2.46. The number of aliphatic carboxylic acids is 1.